The van der Waals surface area contributed by atoms with Crippen LogP contribution in [-0.2, 0) is 0 Å². The standard InChI is InChI=1S/C19H17N3OS/c1-23-18-12-11-14-7-5-6-10-16(14)17(18)13-20-22-19(24)21-15-8-3-2-4-9-15/h2-13H,1H3,(H2,21,22,24)/p+1. The molecular formula is C19H18N3OS+. The first kappa shape index (κ1) is 16.0. The van der Waals surface area contributed by atoms with Crippen LogP contribution < -0.4 is 20.6 Å². The van der Waals surface area contributed by atoms with Gasteiger partial charge >= 0.3 is 0 Å². The van der Waals surface area contributed by atoms with E-state index in [-0.39, 0.29) is 0 Å². The lowest BCUT2D eigenvalue weighted by Gasteiger charge is -2.07. The van der Waals surface area contributed by atoms with Gasteiger partial charge in [0, 0.05) is 5.69 Å². The average molecular weight is 336 g/mol. The third-order valence-corrected chi connectivity index (χ3v) is 3.79. The van der Waals surface area contributed by atoms with Crippen LogP contribution in [0.15, 0.2) is 66.7 Å². The molecule has 0 aliphatic rings. The topological polar surface area (TPSA) is 47.3 Å². The molecule has 0 fully saturated rings. The third kappa shape index (κ3) is 3.70. The summed E-state index contributed by atoms with van der Waals surface area (Å²) in [5.74, 6) is 0.796. The van der Waals surface area contributed by atoms with Crippen molar-refractivity contribution in [2.24, 2.45) is 0 Å². The van der Waals surface area contributed by atoms with Gasteiger partial charge in [-0.3, -0.25) is 0 Å². The smallest absolute Gasteiger partial charge is 0.228 e. The van der Waals surface area contributed by atoms with Crippen LogP contribution in [0.1, 0.15) is 5.56 Å². The molecule has 3 aromatic carbocycles. The summed E-state index contributed by atoms with van der Waals surface area (Å²) in [6.07, 6.45) is 1.85. The molecule has 0 aliphatic heterocycles. The van der Waals surface area contributed by atoms with E-state index in [1.54, 1.807) is 7.11 Å². The molecule has 3 N–H and O–H groups in total. The number of nitrogens with one attached hydrogen (secondary N) is 3. The van der Waals surface area contributed by atoms with Crippen LogP contribution in [0.25, 0.3) is 10.8 Å². The summed E-state index contributed by atoms with van der Waals surface area (Å²) in [6, 6.07) is 21.9. The summed E-state index contributed by atoms with van der Waals surface area (Å²) in [5.41, 5.74) is 4.85. The van der Waals surface area contributed by atoms with Crippen molar-refractivity contribution in [1.29, 1.82) is 0 Å². The summed E-state index contributed by atoms with van der Waals surface area (Å²) < 4.78 is 5.46. The molecule has 0 heterocycles. The van der Waals surface area contributed by atoms with E-state index in [2.05, 4.69) is 28.0 Å². The second-order valence-electron chi connectivity index (χ2n) is 5.14. The fourth-order valence-electron chi connectivity index (χ4n) is 2.46. The molecular weight excluding hydrogens is 318 g/mol. The van der Waals surface area contributed by atoms with E-state index in [1.807, 2.05) is 60.8 Å². The molecule has 24 heavy (non-hydrogen) atoms. The summed E-state index contributed by atoms with van der Waals surface area (Å²) in [4.78, 5) is 0. The largest absolute Gasteiger partial charge is 0.496 e. The second-order valence-corrected chi connectivity index (χ2v) is 5.54. The maximum atomic E-state index is 5.46. The third-order valence-electron chi connectivity index (χ3n) is 3.58. The molecule has 0 atom stereocenters. The van der Waals surface area contributed by atoms with Crippen LogP contribution in [0.4, 0.5) is 5.69 Å². The molecule has 0 aliphatic carbocycles. The van der Waals surface area contributed by atoms with Crippen LogP contribution in [0.3, 0.4) is 0 Å². The van der Waals surface area contributed by atoms with Gasteiger partial charge in [0.25, 0.3) is 0 Å². The molecule has 120 valence electrons. The Labute approximate surface area is 146 Å². The first-order valence-corrected chi connectivity index (χ1v) is 7.95. The van der Waals surface area contributed by atoms with Crippen molar-refractivity contribution < 1.29 is 9.84 Å². The van der Waals surface area contributed by atoms with Crippen molar-refractivity contribution >= 4 is 40.0 Å². The lowest BCUT2D eigenvalue weighted by molar-refractivity contribution is -0.499. The minimum atomic E-state index is 0.483. The zero-order chi connectivity index (χ0) is 16.8. The summed E-state index contributed by atoms with van der Waals surface area (Å²) >= 11 is 5.27. The van der Waals surface area contributed by atoms with Gasteiger partial charge in [-0.2, -0.15) is 0 Å². The zero-order valence-electron chi connectivity index (χ0n) is 13.2. The number of rotatable bonds is 4. The van der Waals surface area contributed by atoms with Gasteiger partial charge in [0.2, 0.25) is 11.3 Å². The molecule has 0 unspecified atom stereocenters. The van der Waals surface area contributed by atoms with Gasteiger partial charge in [0.15, 0.2) is 0 Å². The Balaban J connectivity index is 1.77. The van der Waals surface area contributed by atoms with Gasteiger partial charge in [-0.25, -0.2) is 0 Å². The number of hydrazine groups is 1. The maximum Gasteiger partial charge on any atom is 0.228 e. The molecule has 0 saturated carbocycles. The summed E-state index contributed by atoms with van der Waals surface area (Å²) in [6.45, 7) is 0. The van der Waals surface area contributed by atoms with Crippen molar-refractivity contribution in [3.8, 4) is 5.75 Å². The molecule has 0 saturated heterocycles. The molecule has 0 amide bonds. The Bertz CT molecular complexity index is 878. The highest BCUT2D eigenvalue weighted by Crippen LogP contribution is 2.25. The number of para-hydroxylation sites is 1. The van der Waals surface area contributed by atoms with Gasteiger partial charge in [0.1, 0.15) is 5.75 Å². The molecule has 0 bridgehead atoms. The van der Waals surface area contributed by atoms with E-state index < -0.39 is 0 Å². The zero-order valence-corrected chi connectivity index (χ0v) is 14.1. The van der Waals surface area contributed by atoms with Crippen molar-refractivity contribution in [2.45, 2.75) is 0 Å². The normalized spacial score (nSPS) is 10.7. The Morgan fingerprint density at radius 1 is 1.00 bits per heavy atom. The van der Waals surface area contributed by atoms with Crippen LogP contribution in [0, 0.1) is 0 Å². The quantitative estimate of drug-likeness (QED) is 0.389. The van der Waals surface area contributed by atoms with E-state index in [9.17, 15) is 0 Å². The predicted molar refractivity (Wildman–Crippen MR) is 102 cm³/mol. The number of fused-ring (bicyclic) bond motifs is 1. The van der Waals surface area contributed by atoms with Gasteiger partial charge in [-0.05, 0) is 41.2 Å². The van der Waals surface area contributed by atoms with E-state index in [0.717, 1.165) is 27.8 Å². The lowest BCUT2D eigenvalue weighted by atomic mass is 10.0. The minimum Gasteiger partial charge on any atom is -0.496 e. The monoisotopic (exact) mass is 336 g/mol. The molecule has 3 aromatic rings. The highest BCUT2D eigenvalue weighted by molar-refractivity contribution is 7.80. The van der Waals surface area contributed by atoms with Gasteiger partial charge in [-0.1, -0.05) is 48.5 Å². The lowest BCUT2D eigenvalue weighted by Crippen LogP contribution is -2.82. The fourth-order valence-corrected chi connectivity index (χ4v) is 2.64. The van der Waals surface area contributed by atoms with Crippen molar-refractivity contribution in [1.82, 2.24) is 5.43 Å². The highest BCUT2D eigenvalue weighted by atomic mass is 32.1. The Morgan fingerprint density at radius 3 is 2.54 bits per heavy atom. The molecule has 5 heteroatoms. The SMILES string of the molecule is COc1ccc2ccccc2c1C=[NH+]NC(=S)Nc1ccccc1. The number of anilines is 1. The number of ether oxygens (including phenoxy) is 1. The molecule has 0 radical (unpaired) electrons. The predicted octanol–water partition coefficient (Wildman–Crippen LogP) is 2.25. The van der Waals surface area contributed by atoms with Crippen LogP contribution in [-0.4, -0.2) is 18.4 Å². The van der Waals surface area contributed by atoms with Crippen molar-refractivity contribution in [3.05, 3.63) is 72.3 Å². The van der Waals surface area contributed by atoms with Crippen LogP contribution in [0.5, 0.6) is 5.75 Å². The van der Waals surface area contributed by atoms with Crippen molar-refractivity contribution in [2.75, 3.05) is 12.4 Å². The summed E-state index contributed by atoms with van der Waals surface area (Å²) in [7, 11) is 1.66. The van der Waals surface area contributed by atoms with E-state index in [1.165, 1.54) is 0 Å². The van der Waals surface area contributed by atoms with Gasteiger partial charge in [-0.15, -0.1) is 10.5 Å². The fraction of sp³-hybridized carbons (Fsp3) is 0.0526. The van der Waals surface area contributed by atoms with E-state index >= 15 is 0 Å². The van der Waals surface area contributed by atoms with Gasteiger partial charge < -0.3 is 10.1 Å². The Morgan fingerprint density at radius 2 is 1.75 bits per heavy atom. The van der Waals surface area contributed by atoms with Gasteiger partial charge in [0.05, 0.1) is 12.7 Å². The average Bonchev–Trinajstić information content (AvgIpc) is 2.62. The number of hydrogen-bond acceptors (Lipinski definition) is 2. The van der Waals surface area contributed by atoms with E-state index in [4.69, 9.17) is 17.0 Å². The second kappa shape index (κ2) is 7.57. The first-order chi connectivity index (χ1) is 11.8. The van der Waals surface area contributed by atoms with E-state index in [0.29, 0.717) is 5.11 Å². The molecule has 0 spiro atoms. The number of hydrogen-bond donors (Lipinski definition) is 3. The minimum absolute atomic E-state index is 0.483. The number of thiocarbonyl (C=S) groups is 1. The Hall–Kier alpha value is -2.92. The number of hydrazone groups is 1. The highest BCUT2D eigenvalue weighted by Gasteiger charge is 2.08. The molecule has 3 rings (SSSR count). The van der Waals surface area contributed by atoms with Crippen molar-refractivity contribution in [3.63, 3.8) is 0 Å². The summed E-state index contributed by atoms with van der Waals surface area (Å²) in [5, 5.41) is 8.87. The van der Waals surface area contributed by atoms with Crippen LogP contribution in [0.2, 0.25) is 0 Å². The number of methoxy groups -OCH3 is 1. The number of benzene rings is 3. The van der Waals surface area contributed by atoms with Crippen LogP contribution >= 0.6 is 12.2 Å². The maximum absolute atomic E-state index is 5.46. The molecule has 4 nitrogen and oxygen atoms in total. The first-order valence-electron chi connectivity index (χ1n) is 7.54. The Kier molecular flexibility index (Phi) is 5.03. The molecule has 0 aromatic heterocycles.